The van der Waals surface area contributed by atoms with E-state index in [0.717, 1.165) is 25.1 Å². The molecule has 1 aliphatic heterocycles. The molecule has 8 heteroatoms. The van der Waals surface area contributed by atoms with Crippen molar-refractivity contribution in [1.82, 2.24) is 15.1 Å². The van der Waals surface area contributed by atoms with Crippen LogP contribution in [-0.4, -0.2) is 54.3 Å². The molecule has 0 radical (unpaired) electrons. The Bertz CT molecular complexity index is 674. The zero-order chi connectivity index (χ0) is 20.9. The van der Waals surface area contributed by atoms with Crippen LogP contribution < -0.4 is 5.32 Å². The first-order valence-electron chi connectivity index (χ1n) is 9.49. The fourth-order valence-electron chi connectivity index (χ4n) is 3.16. The number of piperazine rings is 1. The Balaban J connectivity index is 1.96. The van der Waals surface area contributed by atoms with Crippen molar-refractivity contribution in [2.45, 2.75) is 45.5 Å². The van der Waals surface area contributed by atoms with Crippen LogP contribution in [0.4, 0.5) is 13.2 Å². The maximum absolute atomic E-state index is 12.6. The lowest BCUT2D eigenvalue weighted by molar-refractivity contribution is -0.138. The second kappa shape index (κ2) is 9.41. The summed E-state index contributed by atoms with van der Waals surface area (Å²) in [5.74, 6) is 0.145. The van der Waals surface area contributed by atoms with Gasteiger partial charge in [0.2, 0.25) is 11.8 Å². The van der Waals surface area contributed by atoms with Crippen LogP contribution in [-0.2, 0) is 22.3 Å². The summed E-state index contributed by atoms with van der Waals surface area (Å²) in [4.78, 5) is 28.4. The van der Waals surface area contributed by atoms with E-state index in [9.17, 15) is 22.8 Å². The fourth-order valence-corrected chi connectivity index (χ4v) is 3.16. The Morgan fingerprint density at radius 3 is 2.50 bits per heavy atom. The molecule has 28 heavy (non-hydrogen) atoms. The van der Waals surface area contributed by atoms with E-state index in [-0.39, 0.29) is 24.8 Å². The van der Waals surface area contributed by atoms with Crippen molar-refractivity contribution in [3.05, 3.63) is 35.4 Å². The van der Waals surface area contributed by atoms with E-state index in [2.05, 4.69) is 19.2 Å². The lowest BCUT2D eigenvalue weighted by Crippen LogP contribution is -2.56. The Hall–Kier alpha value is -2.09. The highest BCUT2D eigenvalue weighted by Gasteiger charge is 2.32. The van der Waals surface area contributed by atoms with E-state index in [4.69, 9.17) is 0 Å². The molecule has 5 nitrogen and oxygen atoms in total. The summed E-state index contributed by atoms with van der Waals surface area (Å²) in [6.45, 7) is 6.45. The van der Waals surface area contributed by atoms with E-state index in [1.54, 1.807) is 7.05 Å². The van der Waals surface area contributed by atoms with E-state index in [0.29, 0.717) is 24.6 Å². The Kier molecular flexibility index (Phi) is 7.46. The number of alkyl halides is 3. The van der Waals surface area contributed by atoms with Gasteiger partial charge in [0.1, 0.15) is 0 Å². The van der Waals surface area contributed by atoms with E-state index in [1.165, 1.54) is 17.0 Å². The predicted molar refractivity (Wildman–Crippen MR) is 100 cm³/mol. The van der Waals surface area contributed by atoms with Crippen LogP contribution in [0.25, 0.3) is 0 Å². The second-order valence-electron chi connectivity index (χ2n) is 7.67. The first kappa shape index (κ1) is 22.2. The minimum atomic E-state index is -4.38. The average Bonchev–Trinajstić information content (AvgIpc) is 2.61. The highest BCUT2D eigenvalue weighted by molar-refractivity contribution is 5.88. The van der Waals surface area contributed by atoms with Gasteiger partial charge in [0.15, 0.2) is 0 Å². The highest BCUT2D eigenvalue weighted by Crippen LogP contribution is 2.29. The molecule has 1 unspecified atom stereocenters. The molecule has 1 N–H and O–H groups in total. The number of nitrogens with zero attached hydrogens (tertiary/aromatic N) is 2. The van der Waals surface area contributed by atoms with Gasteiger partial charge in [-0.2, -0.15) is 13.2 Å². The molecule has 1 aromatic rings. The van der Waals surface area contributed by atoms with Crippen molar-refractivity contribution < 1.29 is 22.8 Å². The smallest absolute Gasteiger partial charge is 0.353 e. The van der Waals surface area contributed by atoms with Crippen molar-refractivity contribution >= 4 is 11.8 Å². The first-order valence-corrected chi connectivity index (χ1v) is 9.49. The van der Waals surface area contributed by atoms with Crippen LogP contribution >= 0.6 is 0 Å². The third-order valence-corrected chi connectivity index (χ3v) is 4.93. The molecule has 156 valence electrons. The molecule has 0 bridgehead atoms. The zero-order valence-corrected chi connectivity index (χ0v) is 16.6. The van der Waals surface area contributed by atoms with Gasteiger partial charge in [-0.3, -0.25) is 14.5 Å². The maximum atomic E-state index is 12.6. The van der Waals surface area contributed by atoms with Crippen molar-refractivity contribution in [3.63, 3.8) is 0 Å². The first-order chi connectivity index (χ1) is 13.1. The zero-order valence-electron chi connectivity index (χ0n) is 16.6. The standard InChI is InChI=1S/C20H28F3N3O2/c1-14(2)8-10-26-11-9-24-19(28)17(26)12-18(27)25(3)13-15-4-6-16(7-5-15)20(21,22)23/h4-7,14,17H,8-13H2,1-3H3,(H,24,28). The molecule has 1 heterocycles. The molecule has 1 aliphatic rings. The normalized spacial score (nSPS) is 18.2. The number of amides is 2. The maximum Gasteiger partial charge on any atom is 0.416 e. The van der Waals surface area contributed by atoms with Crippen molar-refractivity contribution in [2.24, 2.45) is 5.92 Å². The van der Waals surface area contributed by atoms with Gasteiger partial charge in [0, 0.05) is 26.7 Å². The number of carbonyl (C=O) groups excluding carboxylic acids is 2. The van der Waals surface area contributed by atoms with Gasteiger partial charge in [-0.1, -0.05) is 26.0 Å². The molecule has 2 amide bonds. The Morgan fingerprint density at radius 2 is 1.93 bits per heavy atom. The Morgan fingerprint density at radius 1 is 1.29 bits per heavy atom. The lowest BCUT2D eigenvalue weighted by Gasteiger charge is -2.35. The van der Waals surface area contributed by atoms with Crippen molar-refractivity contribution in [2.75, 3.05) is 26.7 Å². The molecule has 0 saturated carbocycles. The number of benzene rings is 1. The number of hydrogen-bond acceptors (Lipinski definition) is 3. The van der Waals surface area contributed by atoms with Gasteiger partial charge in [-0.25, -0.2) is 0 Å². The molecule has 0 spiro atoms. The summed E-state index contributed by atoms with van der Waals surface area (Å²) in [5, 5.41) is 2.81. The van der Waals surface area contributed by atoms with Gasteiger partial charge in [-0.05, 0) is 36.6 Å². The third-order valence-electron chi connectivity index (χ3n) is 4.93. The molecule has 1 saturated heterocycles. The van der Waals surface area contributed by atoms with E-state index in [1.807, 2.05) is 4.90 Å². The summed E-state index contributed by atoms with van der Waals surface area (Å²) in [6.07, 6.45) is -3.38. The van der Waals surface area contributed by atoms with Crippen LogP contribution in [0.15, 0.2) is 24.3 Å². The summed E-state index contributed by atoms with van der Waals surface area (Å²) < 4.78 is 37.9. The number of rotatable bonds is 7. The van der Waals surface area contributed by atoms with Crippen LogP contribution in [0, 0.1) is 5.92 Å². The van der Waals surface area contributed by atoms with E-state index >= 15 is 0 Å². The number of nitrogens with one attached hydrogen (secondary N) is 1. The number of halogens is 3. The largest absolute Gasteiger partial charge is 0.416 e. The van der Waals surface area contributed by atoms with Gasteiger partial charge in [-0.15, -0.1) is 0 Å². The van der Waals surface area contributed by atoms with Gasteiger partial charge >= 0.3 is 6.18 Å². The molecule has 1 aromatic carbocycles. The minimum Gasteiger partial charge on any atom is -0.353 e. The van der Waals surface area contributed by atoms with Crippen LogP contribution in [0.5, 0.6) is 0 Å². The lowest BCUT2D eigenvalue weighted by atomic mass is 10.0. The molecular weight excluding hydrogens is 371 g/mol. The summed E-state index contributed by atoms with van der Waals surface area (Å²) in [6, 6.07) is 4.25. The molecule has 0 aromatic heterocycles. The highest BCUT2D eigenvalue weighted by atomic mass is 19.4. The van der Waals surface area contributed by atoms with Crippen LogP contribution in [0.3, 0.4) is 0 Å². The van der Waals surface area contributed by atoms with Gasteiger partial charge in [0.25, 0.3) is 0 Å². The van der Waals surface area contributed by atoms with E-state index < -0.39 is 17.8 Å². The fraction of sp³-hybridized carbons (Fsp3) is 0.600. The molecule has 1 fully saturated rings. The SMILES string of the molecule is CC(C)CCN1CCNC(=O)C1CC(=O)N(C)Cc1ccc(C(F)(F)F)cc1. The van der Waals surface area contributed by atoms with Crippen molar-refractivity contribution in [1.29, 1.82) is 0 Å². The van der Waals surface area contributed by atoms with Gasteiger partial charge in [0.05, 0.1) is 18.0 Å². The second-order valence-corrected chi connectivity index (χ2v) is 7.67. The van der Waals surface area contributed by atoms with Crippen LogP contribution in [0.2, 0.25) is 0 Å². The third kappa shape index (κ3) is 6.22. The predicted octanol–water partition coefficient (Wildman–Crippen LogP) is 2.90. The molecule has 0 aliphatic carbocycles. The minimum absolute atomic E-state index is 0.0566. The van der Waals surface area contributed by atoms with Crippen LogP contribution in [0.1, 0.15) is 37.8 Å². The quantitative estimate of drug-likeness (QED) is 0.767. The topological polar surface area (TPSA) is 52.7 Å². The molecule has 2 rings (SSSR count). The summed E-state index contributed by atoms with van der Waals surface area (Å²) in [7, 11) is 1.60. The molecule has 1 atom stereocenters. The number of carbonyl (C=O) groups is 2. The summed E-state index contributed by atoms with van der Waals surface area (Å²) in [5.41, 5.74) is -0.112. The van der Waals surface area contributed by atoms with Crippen molar-refractivity contribution in [3.8, 4) is 0 Å². The monoisotopic (exact) mass is 399 g/mol. The summed E-state index contributed by atoms with van der Waals surface area (Å²) >= 11 is 0. The molecular formula is C20H28F3N3O2. The average molecular weight is 399 g/mol. The number of hydrogen-bond donors (Lipinski definition) is 1. The Labute approximate surface area is 163 Å². The van der Waals surface area contributed by atoms with Gasteiger partial charge < -0.3 is 10.2 Å².